The van der Waals surface area contributed by atoms with Gasteiger partial charge in [-0.15, -0.1) is 0 Å². The molecule has 0 bridgehead atoms. The quantitative estimate of drug-likeness (QED) is 0.277. The second kappa shape index (κ2) is 8.57. The smallest absolute Gasteiger partial charge is 0.216 e. The van der Waals surface area contributed by atoms with Crippen LogP contribution in [-0.4, -0.2) is 27.7 Å². The number of hydrogen-bond donors (Lipinski definition) is 1. The van der Waals surface area contributed by atoms with Gasteiger partial charge in [0.1, 0.15) is 12.4 Å². The molecule has 0 aliphatic heterocycles. The Morgan fingerprint density at radius 1 is 1.23 bits per heavy atom. The molecule has 0 unspecified atom stereocenters. The van der Waals surface area contributed by atoms with Gasteiger partial charge in [-0.3, -0.25) is 0 Å². The van der Waals surface area contributed by atoms with E-state index in [-0.39, 0.29) is 0 Å². The third-order valence-electron chi connectivity index (χ3n) is 3.37. The minimum atomic E-state index is 0.421. The number of ether oxygens (including phenoxy) is 1. The Labute approximate surface area is 172 Å². The predicted octanol–water partition coefficient (Wildman–Crippen LogP) is 5.58. The first kappa shape index (κ1) is 18.8. The molecule has 0 aliphatic rings. The molecular formula is C18H14Br2N4OS. The van der Waals surface area contributed by atoms with Crippen LogP contribution >= 0.6 is 44.1 Å². The highest BCUT2D eigenvalue weighted by Gasteiger charge is 2.09. The molecule has 0 atom stereocenters. The molecular weight excluding hydrogens is 480 g/mol. The fourth-order valence-electron chi connectivity index (χ4n) is 2.23. The summed E-state index contributed by atoms with van der Waals surface area (Å²) in [5, 5.41) is 11.5. The van der Waals surface area contributed by atoms with Crippen LogP contribution in [0.3, 0.4) is 0 Å². The molecule has 5 nitrogen and oxygen atoms in total. The van der Waals surface area contributed by atoms with Crippen molar-refractivity contribution in [2.45, 2.75) is 0 Å². The maximum Gasteiger partial charge on any atom is 0.216 e. The Hall–Kier alpha value is -2.03. The van der Waals surface area contributed by atoms with Crippen molar-refractivity contribution in [1.82, 2.24) is 14.9 Å². The standard InChI is InChI=1S/C18H14Br2N4OS/c1-2-8-25-16-14(19)9-12(10-15(16)20)11-21-24-17(22-23-18(24)26)13-6-4-3-5-7-13/h2-7,9-11H,1,8H2,(H,23,26)/b21-11-. The Kier molecular flexibility index (Phi) is 6.18. The van der Waals surface area contributed by atoms with E-state index in [0.717, 1.165) is 20.1 Å². The van der Waals surface area contributed by atoms with Gasteiger partial charge in [0.05, 0.1) is 15.2 Å². The number of rotatable bonds is 6. The van der Waals surface area contributed by atoms with Crippen molar-refractivity contribution in [2.75, 3.05) is 6.61 Å². The Morgan fingerprint density at radius 2 is 1.92 bits per heavy atom. The minimum absolute atomic E-state index is 0.421. The van der Waals surface area contributed by atoms with Crippen LogP contribution in [0.4, 0.5) is 0 Å². The average molecular weight is 494 g/mol. The van der Waals surface area contributed by atoms with Crippen molar-refractivity contribution >= 4 is 50.3 Å². The number of nitrogens with zero attached hydrogens (tertiary/aromatic N) is 3. The first-order chi connectivity index (χ1) is 12.6. The number of aromatic nitrogens is 3. The van der Waals surface area contributed by atoms with E-state index in [4.69, 9.17) is 17.0 Å². The summed E-state index contributed by atoms with van der Waals surface area (Å²) in [6.45, 7) is 4.08. The largest absolute Gasteiger partial charge is 0.487 e. The van der Waals surface area contributed by atoms with E-state index < -0.39 is 0 Å². The van der Waals surface area contributed by atoms with Gasteiger partial charge in [0.2, 0.25) is 4.77 Å². The van der Waals surface area contributed by atoms with Crippen LogP contribution in [0.2, 0.25) is 0 Å². The number of hydrogen-bond acceptors (Lipinski definition) is 4. The van der Waals surface area contributed by atoms with Crippen LogP contribution in [0.5, 0.6) is 5.75 Å². The van der Waals surface area contributed by atoms with Gasteiger partial charge in [-0.25, -0.2) is 5.10 Å². The minimum Gasteiger partial charge on any atom is -0.487 e. The van der Waals surface area contributed by atoms with E-state index in [1.165, 1.54) is 0 Å². The summed E-state index contributed by atoms with van der Waals surface area (Å²) < 4.78 is 9.27. The molecule has 2 aromatic carbocycles. The Bertz CT molecular complexity index is 989. The number of benzene rings is 2. The maximum atomic E-state index is 5.62. The Balaban J connectivity index is 1.93. The van der Waals surface area contributed by atoms with Gasteiger partial charge in [-0.1, -0.05) is 43.0 Å². The van der Waals surface area contributed by atoms with Crippen molar-refractivity contribution in [3.63, 3.8) is 0 Å². The molecule has 8 heteroatoms. The average Bonchev–Trinajstić information content (AvgIpc) is 3.01. The third-order valence-corrected chi connectivity index (χ3v) is 4.81. The molecule has 0 saturated heterocycles. The highest BCUT2D eigenvalue weighted by Crippen LogP contribution is 2.34. The molecule has 26 heavy (non-hydrogen) atoms. The molecule has 0 aliphatic carbocycles. The molecule has 3 aromatic rings. The highest BCUT2D eigenvalue weighted by molar-refractivity contribution is 9.11. The topological polar surface area (TPSA) is 55.2 Å². The SMILES string of the molecule is C=CCOc1c(Br)cc(/C=N\n2c(-c3ccccc3)n[nH]c2=S)cc1Br. The summed E-state index contributed by atoms with van der Waals surface area (Å²) in [5.74, 6) is 1.36. The normalized spacial score (nSPS) is 11.0. The summed E-state index contributed by atoms with van der Waals surface area (Å²) in [4.78, 5) is 0. The highest BCUT2D eigenvalue weighted by atomic mass is 79.9. The van der Waals surface area contributed by atoms with Crippen molar-refractivity contribution in [2.24, 2.45) is 5.10 Å². The summed E-state index contributed by atoms with van der Waals surface area (Å²) in [6.07, 6.45) is 3.41. The van der Waals surface area contributed by atoms with Crippen LogP contribution in [0.1, 0.15) is 5.56 Å². The molecule has 0 fully saturated rings. The zero-order valence-corrected chi connectivity index (χ0v) is 17.5. The molecule has 1 aromatic heterocycles. The van der Waals surface area contributed by atoms with Gasteiger partial charge in [0.25, 0.3) is 0 Å². The van der Waals surface area contributed by atoms with Crippen LogP contribution < -0.4 is 4.74 Å². The van der Waals surface area contributed by atoms with E-state index in [9.17, 15) is 0 Å². The van der Waals surface area contributed by atoms with Crippen molar-refractivity contribution < 1.29 is 4.74 Å². The van der Waals surface area contributed by atoms with Gasteiger partial charge in [0.15, 0.2) is 5.82 Å². The number of H-pyrrole nitrogens is 1. The number of nitrogens with one attached hydrogen (secondary N) is 1. The summed E-state index contributed by atoms with van der Waals surface area (Å²) in [6, 6.07) is 13.6. The first-order valence-electron chi connectivity index (χ1n) is 7.60. The fraction of sp³-hybridized carbons (Fsp3) is 0.0556. The monoisotopic (exact) mass is 492 g/mol. The molecule has 0 spiro atoms. The van der Waals surface area contributed by atoms with E-state index >= 15 is 0 Å². The summed E-state index contributed by atoms with van der Waals surface area (Å²) in [7, 11) is 0. The van der Waals surface area contributed by atoms with Gasteiger partial charge in [0, 0.05) is 5.56 Å². The lowest BCUT2D eigenvalue weighted by Crippen LogP contribution is -1.97. The van der Waals surface area contributed by atoms with Gasteiger partial charge in [-0.2, -0.15) is 14.9 Å². The molecule has 132 valence electrons. The van der Waals surface area contributed by atoms with E-state index in [0.29, 0.717) is 23.0 Å². The lowest BCUT2D eigenvalue weighted by atomic mass is 10.2. The van der Waals surface area contributed by atoms with Gasteiger partial charge >= 0.3 is 0 Å². The fourth-order valence-corrected chi connectivity index (χ4v) is 3.86. The molecule has 0 saturated carbocycles. The van der Waals surface area contributed by atoms with Gasteiger partial charge < -0.3 is 4.74 Å². The van der Waals surface area contributed by atoms with Crippen LogP contribution in [0.15, 0.2) is 69.2 Å². The molecule has 3 rings (SSSR count). The van der Waals surface area contributed by atoms with Crippen molar-refractivity contribution in [3.05, 3.63) is 74.4 Å². The van der Waals surface area contributed by atoms with Crippen LogP contribution in [0, 0.1) is 4.77 Å². The lowest BCUT2D eigenvalue weighted by molar-refractivity contribution is 0.358. The molecule has 1 heterocycles. The lowest BCUT2D eigenvalue weighted by Gasteiger charge is -2.09. The van der Waals surface area contributed by atoms with E-state index in [1.807, 2.05) is 42.5 Å². The van der Waals surface area contributed by atoms with Crippen LogP contribution in [0.25, 0.3) is 11.4 Å². The molecule has 0 radical (unpaired) electrons. The van der Waals surface area contributed by atoms with Crippen molar-refractivity contribution in [3.8, 4) is 17.1 Å². The summed E-state index contributed by atoms with van der Waals surface area (Å²) in [5.41, 5.74) is 1.80. The predicted molar refractivity (Wildman–Crippen MR) is 113 cm³/mol. The Morgan fingerprint density at radius 3 is 2.58 bits per heavy atom. The third kappa shape index (κ3) is 4.20. The van der Waals surface area contributed by atoms with Crippen LogP contribution in [-0.2, 0) is 0 Å². The number of aromatic amines is 1. The number of halogens is 2. The first-order valence-corrected chi connectivity index (χ1v) is 9.59. The van der Waals surface area contributed by atoms with Crippen molar-refractivity contribution in [1.29, 1.82) is 0 Å². The maximum absolute atomic E-state index is 5.62. The van der Waals surface area contributed by atoms with E-state index in [1.54, 1.807) is 17.0 Å². The summed E-state index contributed by atoms with van der Waals surface area (Å²) >= 11 is 12.3. The van der Waals surface area contributed by atoms with E-state index in [2.05, 4.69) is 53.7 Å². The van der Waals surface area contributed by atoms with Gasteiger partial charge in [-0.05, 0) is 61.8 Å². The zero-order valence-electron chi connectivity index (χ0n) is 13.5. The second-order valence-electron chi connectivity index (χ2n) is 5.19. The second-order valence-corrected chi connectivity index (χ2v) is 7.28. The molecule has 1 N–H and O–H groups in total. The molecule has 0 amide bonds. The zero-order chi connectivity index (χ0) is 18.5.